The summed E-state index contributed by atoms with van der Waals surface area (Å²) in [5.74, 6) is -0.240. The minimum absolute atomic E-state index is 0.0671. The number of aliphatic hydroxyl groups is 3. The second kappa shape index (κ2) is 7.95. The predicted molar refractivity (Wildman–Crippen MR) is 118 cm³/mol. The fourth-order valence-corrected chi connectivity index (χ4v) is 6.34. The number of benzene rings is 2. The van der Waals surface area contributed by atoms with E-state index >= 15 is 0 Å². The van der Waals surface area contributed by atoms with E-state index in [4.69, 9.17) is 0 Å². The molecule has 0 saturated heterocycles. The zero-order chi connectivity index (χ0) is 21.5. The van der Waals surface area contributed by atoms with Crippen LogP contribution in [0.15, 0.2) is 42.5 Å². The summed E-state index contributed by atoms with van der Waals surface area (Å²) in [6.45, 7) is 4.00. The molecule has 162 valence electrons. The Morgan fingerprint density at radius 3 is 2.57 bits per heavy atom. The van der Waals surface area contributed by atoms with Crippen molar-refractivity contribution >= 4 is 22.4 Å². The average molecular weight is 412 g/mol. The van der Waals surface area contributed by atoms with E-state index in [1.54, 1.807) is 0 Å². The number of aliphatic hydroxyl groups excluding tert-OH is 3. The van der Waals surface area contributed by atoms with Crippen LogP contribution in [0.4, 0.5) is 5.69 Å². The summed E-state index contributed by atoms with van der Waals surface area (Å²) in [4.78, 5) is 13.1. The van der Waals surface area contributed by atoms with Gasteiger partial charge in [-0.05, 0) is 54.4 Å². The number of anilines is 1. The average Bonchev–Trinajstić information content (AvgIpc) is 2.74. The van der Waals surface area contributed by atoms with Crippen molar-refractivity contribution in [1.29, 1.82) is 0 Å². The molecule has 2 saturated carbocycles. The fourth-order valence-electron chi connectivity index (χ4n) is 6.34. The van der Waals surface area contributed by atoms with Gasteiger partial charge in [0, 0.05) is 22.9 Å². The van der Waals surface area contributed by atoms with Crippen LogP contribution in [0.5, 0.6) is 0 Å². The van der Waals surface area contributed by atoms with Gasteiger partial charge in [0.05, 0.1) is 18.8 Å². The molecular formula is C25H33NO4. The van der Waals surface area contributed by atoms with Crippen molar-refractivity contribution in [3.05, 3.63) is 42.5 Å². The van der Waals surface area contributed by atoms with Gasteiger partial charge in [-0.3, -0.25) is 4.79 Å². The van der Waals surface area contributed by atoms with E-state index < -0.39 is 17.6 Å². The molecule has 30 heavy (non-hydrogen) atoms. The Balaban J connectivity index is 1.57. The number of fused-ring (bicyclic) bond motifs is 2. The highest BCUT2D eigenvalue weighted by Crippen LogP contribution is 2.60. The molecule has 5 heteroatoms. The van der Waals surface area contributed by atoms with Gasteiger partial charge in [-0.2, -0.15) is 0 Å². The fraction of sp³-hybridized carbons (Fsp3) is 0.560. The van der Waals surface area contributed by atoms with Gasteiger partial charge in [-0.25, -0.2) is 0 Å². The molecule has 0 aromatic heterocycles. The highest BCUT2D eigenvalue weighted by Gasteiger charge is 2.59. The molecule has 0 unspecified atom stereocenters. The molecule has 2 aliphatic carbocycles. The van der Waals surface area contributed by atoms with Crippen molar-refractivity contribution in [2.24, 2.45) is 22.7 Å². The molecule has 4 N–H and O–H groups in total. The number of carbonyl (C=O) groups excluding carboxylic acids is 1. The lowest BCUT2D eigenvalue weighted by molar-refractivity contribution is -0.185. The third-order valence-corrected chi connectivity index (χ3v) is 8.18. The second-order valence-electron chi connectivity index (χ2n) is 9.81. The Hall–Kier alpha value is -1.95. The van der Waals surface area contributed by atoms with Gasteiger partial charge in [0.1, 0.15) is 0 Å². The monoisotopic (exact) mass is 411 g/mol. The molecule has 0 radical (unpaired) electrons. The molecule has 6 atom stereocenters. The first-order chi connectivity index (χ1) is 14.3. The number of carbonyl (C=O) groups is 1. The molecule has 4 rings (SSSR count). The first-order valence-electron chi connectivity index (χ1n) is 11.0. The summed E-state index contributed by atoms with van der Waals surface area (Å²) >= 11 is 0. The number of hydrogen-bond donors (Lipinski definition) is 4. The zero-order valence-corrected chi connectivity index (χ0v) is 17.8. The predicted octanol–water partition coefficient (Wildman–Crippen LogP) is 3.72. The molecule has 2 aliphatic rings. The van der Waals surface area contributed by atoms with Crippen molar-refractivity contribution in [3.8, 4) is 0 Å². The molecule has 0 bridgehead atoms. The number of amides is 1. The van der Waals surface area contributed by atoms with Gasteiger partial charge in [0.2, 0.25) is 5.91 Å². The van der Waals surface area contributed by atoms with Crippen LogP contribution in [0.2, 0.25) is 0 Å². The van der Waals surface area contributed by atoms with Crippen LogP contribution in [0.3, 0.4) is 0 Å². The minimum atomic E-state index is -0.600. The highest BCUT2D eigenvalue weighted by molar-refractivity contribution is 6.02. The van der Waals surface area contributed by atoms with Gasteiger partial charge in [-0.1, -0.05) is 50.2 Å². The van der Waals surface area contributed by atoms with E-state index in [1.807, 2.05) is 49.4 Å². The standard InChI is InChI=1S/C25H33NO4/c1-24-13-12-22(29)25(2,15-27)21(24)11-10-20(28)18(24)14-23(30)26-19-9-5-7-16-6-3-4-8-17(16)19/h3-9,18,20-22,27-29H,10-15H2,1-2H3,(H,26,30)/t18-,20-,21+,22-,24+,25+/m1/s1. The maximum absolute atomic E-state index is 13.1. The summed E-state index contributed by atoms with van der Waals surface area (Å²) in [6.07, 6.45) is 1.80. The van der Waals surface area contributed by atoms with E-state index in [1.165, 1.54) is 0 Å². The normalized spacial score (nSPS) is 36.3. The van der Waals surface area contributed by atoms with Crippen molar-refractivity contribution in [2.75, 3.05) is 11.9 Å². The Morgan fingerprint density at radius 2 is 1.80 bits per heavy atom. The summed E-state index contributed by atoms with van der Waals surface area (Å²) in [6, 6.07) is 13.8. The van der Waals surface area contributed by atoms with Gasteiger partial charge in [-0.15, -0.1) is 0 Å². The van der Waals surface area contributed by atoms with Crippen molar-refractivity contribution in [3.63, 3.8) is 0 Å². The summed E-state index contributed by atoms with van der Waals surface area (Å²) in [5.41, 5.74) is -0.119. The molecule has 2 aromatic rings. The molecule has 1 amide bonds. The molecule has 0 heterocycles. The highest BCUT2D eigenvalue weighted by atomic mass is 16.3. The van der Waals surface area contributed by atoms with E-state index in [9.17, 15) is 20.1 Å². The van der Waals surface area contributed by atoms with Gasteiger partial charge in [0.15, 0.2) is 0 Å². The smallest absolute Gasteiger partial charge is 0.224 e. The number of hydrogen-bond acceptors (Lipinski definition) is 4. The second-order valence-corrected chi connectivity index (χ2v) is 9.81. The minimum Gasteiger partial charge on any atom is -0.396 e. The third kappa shape index (κ3) is 3.43. The number of rotatable bonds is 4. The van der Waals surface area contributed by atoms with Crippen LogP contribution >= 0.6 is 0 Å². The Morgan fingerprint density at radius 1 is 1.07 bits per heavy atom. The first kappa shape index (κ1) is 21.3. The molecule has 0 aliphatic heterocycles. The summed E-state index contributed by atoms with van der Waals surface area (Å²) in [7, 11) is 0. The molecule has 2 aromatic carbocycles. The Bertz CT molecular complexity index is 925. The largest absolute Gasteiger partial charge is 0.396 e. The Kier molecular flexibility index (Phi) is 5.64. The van der Waals surface area contributed by atoms with Crippen molar-refractivity contribution < 1.29 is 20.1 Å². The lowest BCUT2D eigenvalue weighted by Gasteiger charge is -2.60. The molecule has 5 nitrogen and oxygen atoms in total. The first-order valence-corrected chi connectivity index (χ1v) is 11.0. The topological polar surface area (TPSA) is 89.8 Å². The number of nitrogens with one attached hydrogen (secondary N) is 1. The van der Waals surface area contributed by atoms with Crippen LogP contribution in [0.25, 0.3) is 10.8 Å². The third-order valence-electron chi connectivity index (χ3n) is 8.18. The maximum Gasteiger partial charge on any atom is 0.224 e. The van der Waals surface area contributed by atoms with Crippen LogP contribution in [-0.4, -0.2) is 40.0 Å². The van der Waals surface area contributed by atoms with Crippen molar-refractivity contribution in [1.82, 2.24) is 0 Å². The van der Waals surface area contributed by atoms with Crippen LogP contribution in [-0.2, 0) is 4.79 Å². The van der Waals surface area contributed by atoms with Gasteiger partial charge < -0.3 is 20.6 Å². The summed E-state index contributed by atoms with van der Waals surface area (Å²) < 4.78 is 0. The SMILES string of the molecule is C[C@]1(CO)[C@H]2CC[C@@H](O)[C@@H](CC(=O)Nc3cccc4ccccc34)[C@]2(C)CC[C@H]1O. The van der Waals surface area contributed by atoms with E-state index in [0.717, 1.165) is 29.3 Å². The quantitative estimate of drug-likeness (QED) is 0.617. The molecule has 2 fully saturated rings. The van der Waals surface area contributed by atoms with E-state index in [-0.39, 0.29) is 36.2 Å². The Labute approximate surface area is 178 Å². The van der Waals surface area contributed by atoms with Crippen LogP contribution < -0.4 is 5.32 Å². The maximum atomic E-state index is 13.1. The lowest BCUT2D eigenvalue weighted by atomic mass is 9.46. The van der Waals surface area contributed by atoms with Crippen LogP contribution in [0.1, 0.15) is 46.0 Å². The lowest BCUT2D eigenvalue weighted by Crippen LogP contribution is -2.60. The zero-order valence-electron chi connectivity index (χ0n) is 17.8. The van der Waals surface area contributed by atoms with E-state index in [0.29, 0.717) is 12.8 Å². The molecular weight excluding hydrogens is 378 g/mol. The van der Waals surface area contributed by atoms with Gasteiger partial charge in [0.25, 0.3) is 0 Å². The van der Waals surface area contributed by atoms with Gasteiger partial charge >= 0.3 is 0 Å². The molecule has 0 spiro atoms. The van der Waals surface area contributed by atoms with E-state index in [2.05, 4.69) is 12.2 Å². The summed E-state index contributed by atoms with van der Waals surface area (Å²) in [5, 5.41) is 36.7. The van der Waals surface area contributed by atoms with Crippen LogP contribution in [0, 0.1) is 22.7 Å². The van der Waals surface area contributed by atoms with Crippen molar-refractivity contribution in [2.45, 2.75) is 58.2 Å².